The first-order chi connectivity index (χ1) is 8.34. The lowest BCUT2D eigenvalue weighted by atomic mass is 9.99. The van der Waals surface area contributed by atoms with Gasteiger partial charge < -0.3 is 10.6 Å². The summed E-state index contributed by atoms with van der Waals surface area (Å²) in [6.45, 7) is 2.73. The van der Waals surface area contributed by atoms with E-state index in [-0.39, 0.29) is 5.91 Å². The zero-order valence-corrected chi connectivity index (χ0v) is 10.6. The summed E-state index contributed by atoms with van der Waals surface area (Å²) in [5.41, 5.74) is 0. The predicted molar refractivity (Wildman–Crippen MR) is 71.2 cm³/mol. The molecule has 0 aromatic heterocycles. The molecule has 2 rings (SSSR count). The minimum atomic E-state index is 0.185. The van der Waals surface area contributed by atoms with Crippen molar-refractivity contribution in [2.24, 2.45) is 5.92 Å². The molecule has 1 heterocycles. The van der Waals surface area contributed by atoms with Crippen LogP contribution in [0.1, 0.15) is 6.42 Å². The number of benzene rings is 1. The van der Waals surface area contributed by atoms with Gasteiger partial charge in [0.15, 0.2) is 0 Å². The van der Waals surface area contributed by atoms with E-state index in [0.29, 0.717) is 12.3 Å². The average Bonchev–Trinajstić information content (AvgIpc) is 2.31. The van der Waals surface area contributed by atoms with Gasteiger partial charge in [0, 0.05) is 23.6 Å². The van der Waals surface area contributed by atoms with Gasteiger partial charge in [-0.15, -0.1) is 11.8 Å². The van der Waals surface area contributed by atoms with Gasteiger partial charge in [-0.25, -0.2) is 0 Å². The first kappa shape index (κ1) is 12.5. The van der Waals surface area contributed by atoms with Crippen LogP contribution in [0.4, 0.5) is 0 Å². The Morgan fingerprint density at radius 3 is 2.76 bits per heavy atom. The van der Waals surface area contributed by atoms with Crippen LogP contribution < -0.4 is 10.6 Å². The van der Waals surface area contributed by atoms with E-state index in [9.17, 15) is 4.79 Å². The molecule has 0 spiro atoms. The summed E-state index contributed by atoms with van der Waals surface area (Å²) in [4.78, 5) is 12.8. The fourth-order valence-electron chi connectivity index (χ4n) is 1.70. The molecule has 2 N–H and O–H groups in total. The van der Waals surface area contributed by atoms with Crippen LogP contribution in [0.25, 0.3) is 0 Å². The fourth-order valence-corrected chi connectivity index (χ4v) is 2.49. The molecule has 0 bridgehead atoms. The SMILES string of the molecule is O=C(CC1CNC1)NCCSc1ccccc1. The van der Waals surface area contributed by atoms with E-state index < -0.39 is 0 Å². The Hall–Kier alpha value is -1.00. The number of rotatable bonds is 6. The molecule has 1 aromatic rings. The zero-order chi connectivity index (χ0) is 11.9. The summed E-state index contributed by atoms with van der Waals surface area (Å²) >= 11 is 1.77. The second kappa shape index (κ2) is 6.67. The van der Waals surface area contributed by atoms with Gasteiger partial charge in [0.2, 0.25) is 5.91 Å². The summed E-state index contributed by atoms with van der Waals surface area (Å²) in [5, 5.41) is 6.14. The molecule has 3 nitrogen and oxygen atoms in total. The predicted octanol–water partition coefficient (Wildman–Crippen LogP) is 1.50. The highest BCUT2D eigenvalue weighted by molar-refractivity contribution is 7.99. The van der Waals surface area contributed by atoms with Crippen molar-refractivity contribution in [3.8, 4) is 0 Å². The summed E-state index contributed by atoms with van der Waals surface area (Å²) in [6, 6.07) is 10.3. The van der Waals surface area contributed by atoms with Crippen LogP contribution in [0, 0.1) is 5.92 Å². The second-order valence-electron chi connectivity index (χ2n) is 4.24. The largest absolute Gasteiger partial charge is 0.355 e. The molecule has 0 radical (unpaired) electrons. The van der Waals surface area contributed by atoms with Crippen LogP contribution in [0.5, 0.6) is 0 Å². The molecule has 1 aliphatic rings. The Morgan fingerprint density at radius 2 is 2.12 bits per heavy atom. The molecule has 92 valence electrons. The van der Waals surface area contributed by atoms with E-state index >= 15 is 0 Å². The quantitative estimate of drug-likeness (QED) is 0.594. The molecule has 1 aliphatic heterocycles. The lowest BCUT2D eigenvalue weighted by Crippen LogP contribution is -2.44. The molecule has 0 saturated carbocycles. The molecule has 4 heteroatoms. The average molecular weight is 250 g/mol. The molecule has 17 heavy (non-hydrogen) atoms. The minimum absolute atomic E-state index is 0.185. The molecule has 1 amide bonds. The lowest BCUT2D eigenvalue weighted by Gasteiger charge is -2.26. The third kappa shape index (κ3) is 4.40. The van der Waals surface area contributed by atoms with Crippen molar-refractivity contribution in [2.75, 3.05) is 25.4 Å². The van der Waals surface area contributed by atoms with E-state index in [1.807, 2.05) is 18.2 Å². The van der Waals surface area contributed by atoms with Crippen LogP contribution in [0.3, 0.4) is 0 Å². The van der Waals surface area contributed by atoms with Crippen LogP contribution in [0.2, 0.25) is 0 Å². The van der Waals surface area contributed by atoms with Crippen molar-refractivity contribution in [1.29, 1.82) is 0 Å². The topological polar surface area (TPSA) is 41.1 Å². The Bertz CT molecular complexity index is 352. The molecule has 0 aliphatic carbocycles. The maximum atomic E-state index is 11.5. The van der Waals surface area contributed by atoms with Crippen molar-refractivity contribution in [3.63, 3.8) is 0 Å². The van der Waals surface area contributed by atoms with Crippen LogP contribution in [0.15, 0.2) is 35.2 Å². The highest BCUT2D eigenvalue weighted by atomic mass is 32.2. The summed E-state index contributed by atoms with van der Waals surface area (Å²) in [5.74, 6) is 1.67. The Kier molecular flexibility index (Phi) is 4.88. The van der Waals surface area contributed by atoms with Gasteiger partial charge >= 0.3 is 0 Å². The molecule has 0 atom stereocenters. The standard InChI is InChI=1S/C13H18N2OS/c16-13(8-11-9-14-10-11)15-6-7-17-12-4-2-1-3-5-12/h1-5,11,14H,6-10H2,(H,15,16). The normalized spacial score (nSPS) is 15.3. The first-order valence-electron chi connectivity index (χ1n) is 6.00. The van der Waals surface area contributed by atoms with Crippen molar-refractivity contribution < 1.29 is 4.79 Å². The van der Waals surface area contributed by atoms with Gasteiger partial charge in [-0.05, 0) is 31.1 Å². The smallest absolute Gasteiger partial charge is 0.220 e. The third-order valence-corrected chi connectivity index (χ3v) is 3.79. The van der Waals surface area contributed by atoms with E-state index in [1.165, 1.54) is 4.90 Å². The first-order valence-corrected chi connectivity index (χ1v) is 6.98. The molecule has 1 fully saturated rings. The number of thioether (sulfide) groups is 1. The number of amides is 1. The van der Waals surface area contributed by atoms with Crippen molar-refractivity contribution in [3.05, 3.63) is 30.3 Å². The molecule has 0 unspecified atom stereocenters. The van der Waals surface area contributed by atoms with Gasteiger partial charge in [0.1, 0.15) is 0 Å². The summed E-state index contributed by atoms with van der Waals surface area (Å²) < 4.78 is 0. The second-order valence-corrected chi connectivity index (χ2v) is 5.41. The number of carbonyl (C=O) groups is 1. The van der Waals surface area contributed by atoms with Gasteiger partial charge in [0.25, 0.3) is 0 Å². The van der Waals surface area contributed by atoms with Gasteiger partial charge in [-0.2, -0.15) is 0 Å². The van der Waals surface area contributed by atoms with E-state index in [1.54, 1.807) is 11.8 Å². The molecule has 1 saturated heterocycles. The molecule has 1 aromatic carbocycles. The Labute approximate surface area is 106 Å². The van der Waals surface area contributed by atoms with E-state index in [0.717, 1.165) is 25.4 Å². The number of hydrogen-bond acceptors (Lipinski definition) is 3. The number of hydrogen-bond donors (Lipinski definition) is 2. The Morgan fingerprint density at radius 1 is 1.35 bits per heavy atom. The third-order valence-electron chi connectivity index (χ3n) is 2.78. The lowest BCUT2D eigenvalue weighted by molar-refractivity contribution is -0.122. The van der Waals surface area contributed by atoms with E-state index in [2.05, 4.69) is 22.8 Å². The van der Waals surface area contributed by atoms with Crippen molar-refractivity contribution in [1.82, 2.24) is 10.6 Å². The number of nitrogens with one attached hydrogen (secondary N) is 2. The monoisotopic (exact) mass is 250 g/mol. The van der Waals surface area contributed by atoms with Gasteiger partial charge in [-0.1, -0.05) is 18.2 Å². The van der Waals surface area contributed by atoms with Crippen LogP contribution in [-0.4, -0.2) is 31.3 Å². The highest BCUT2D eigenvalue weighted by Gasteiger charge is 2.19. The van der Waals surface area contributed by atoms with Crippen LogP contribution >= 0.6 is 11.8 Å². The Balaban J connectivity index is 1.55. The van der Waals surface area contributed by atoms with Crippen molar-refractivity contribution >= 4 is 17.7 Å². The minimum Gasteiger partial charge on any atom is -0.355 e. The van der Waals surface area contributed by atoms with Gasteiger partial charge in [-0.3, -0.25) is 4.79 Å². The van der Waals surface area contributed by atoms with Gasteiger partial charge in [0.05, 0.1) is 0 Å². The summed E-state index contributed by atoms with van der Waals surface area (Å²) in [7, 11) is 0. The molecular formula is C13H18N2OS. The fraction of sp³-hybridized carbons (Fsp3) is 0.462. The van der Waals surface area contributed by atoms with Crippen LogP contribution in [-0.2, 0) is 4.79 Å². The highest BCUT2D eigenvalue weighted by Crippen LogP contribution is 2.15. The summed E-state index contributed by atoms with van der Waals surface area (Å²) in [6.07, 6.45) is 0.670. The van der Waals surface area contributed by atoms with E-state index in [4.69, 9.17) is 0 Å². The van der Waals surface area contributed by atoms with Crippen molar-refractivity contribution in [2.45, 2.75) is 11.3 Å². The maximum Gasteiger partial charge on any atom is 0.220 e. The maximum absolute atomic E-state index is 11.5. The molecular weight excluding hydrogens is 232 g/mol. The number of carbonyl (C=O) groups excluding carboxylic acids is 1. The zero-order valence-electron chi connectivity index (χ0n) is 9.82.